The maximum atomic E-state index is 13.1. The highest BCUT2D eigenvalue weighted by Crippen LogP contribution is 2.34. The summed E-state index contributed by atoms with van der Waals surface area (Å²) >= 11 is 0. The Hall–Kier alpha value is -2.90. The molecule has 0 aliphatic heterocycles. The number of amides is 1. The van der Waals surface area contributed by atoms with Crippen molar-refractivity contribution in [2.24, 2.45) is 0 Å². The third-order valence-corrected chi connectivity index (χ3v) is 4.52. The molecule has 0 unspecified atom stereocenters. The highest BCUT2D eigenvalue weighted by atomic mass is 19.4. The topological polar surface area (TPSA) is 66.9 Å². The number of hydrogen-bond acceptors (Lipinski definition) is 4. The zero-order valence-electron chi connectivity index (χ0n) is 15.2. The summed E-state index contributed by atoms with van der Waals surface area (Å²) in [4.78, 5) is 20.3. The maximum Gasteiger partial charge on any atom is 0.418 e. The molecule has 2 aromatic rings. The van der Waals surface area contributed by atoms with Crippen LogP contribution in [0.5, 0.6) is 0 Å². The monoisotopic (exact) mass is 390 g/mol. The zero-order chi connectivity index (χ0) is 20.0. The largest absolute Gasteiger partial charge is 0.418 e. The molecule has 0 radical (unpaired) electrons. The Morgan fingerprint density at radius 1 is 1.14 bits per heavy atom. The van der Waals surface area contributed by atoms with Crippen molar-refractivity contribution < 1.29 is 18.0 Å². The van der Waals surface area contributed by atoms with E-state index in [0.717, 1.165) is 25.3 Å². The van der Waals surface area contributed by atoms with Gasteiger partial charge in [0, 0.05) is 12.6 Å². The average Bonchev–Trinajstić information content (AvgIpc) is 2.69. The first kappa shape index (κ1) is 19.9. The Bertz CT molecular complexity index is 865. The maximum absolute atomic E-state index is 13.1. The first-order valence-electron chi connectivity index (χ1n) is 9.15. The van der Waals surface area contributed by atoms with Gasteiger partial charge in [0.25, 0.3) is 5.91 Å². The van der Waals surface area contributed by atoms with Gasteiger partial charge in [-0.1, -0.05) is 23.8 Å². The molecule has 0 spiro atoms. The third-order valence-electron chi connectivity index (χ3n) is 4.52. The van der Waals surface area contributed by atoms with Crippen molar-refractivity contribution in [1.82, 2.24) is 9.97 Å². The van der Waals surface area contributed by atoms with Crippen LogP contribution in [0.4, 0.5) is 24.7 Å². The van der Waals surface area contributed by atoms with Crippen LogP contribution in [0.3, 0.4) is 0 Å². The van der Waals surface area contributed by atoms with E-state index in [0.29, 0.717) is 12.4 Å². The van der Waals surface area contributed by atoms with Gasteiger partial charge in [0.1, 0.15) is 17.8 Å². The lowest BCUT2D eigenvalue weighted by atomic mass is 9.97. The lowest BCUT2D eigenvalue weighted by Crippen LogP contribution is -2.18. The Morgan fingerprint density at radius 2 is 1.96 bits per heavy atom. The number of para-hydroxylation sites is 1. The van der Waals surface area contributed by atoms with E-state index in [9.17, 15) is 18.0 Å². The van der Waals surface area contributed by atoms with Crippen LogP contribution in [0, 0.1) is 0 Å². The summed E-state index contributed by atoms with van der Waals surface area (Å²) in [6, 6.07) is 6.26. The normalized spacial score (nSPS) is 14.3. The molecule has 148 valence electrons. The van der Waals surface area contributed by atoms with Crippen LogP contribution >= 0.6 is 0 Å². The van der Waals surface area contributed by atoms with Crippen LogP contribution in [0.2, 0.25) is 0 Å². The molecule has 1 heterocycles. The van der Waals surface area contributed by atoms with Crippen molar-refractivity contribution in [2.45, 2.75) is 38.3 Å². The van der Waals surface area contributed by atoms with E-state index >= 15 is 0 Å². The molecule has 8 heteroatoms. The zero-order valence-corrected chi connectivity index (χ0v) is 15.2. The quantitative estimate of drug-likeness (QED) is 0.678. The molecule has 1 aromatic carbocycles. The number of carbonyl (C=O) groups is 1. The van der Waals surface area contributed by atoms with Crippen LogP contribution in [-0.4, -0.2) is 22.4 Å². The van der Waals surface area contributed by atoms with Gasteiger partial charge in [-0.05, 0) is 44.2 Å². The van der Waals surface area contributed by atoms with Crippen LogP contribution in [-0.2, 0) is 6.18 Å². The summed E-state index contributed by atoms with van der Waals surface area (Å²) in [6.07, 6.45) is 4.49. The number of aromatic nitrogens is 2. The molecule has 28 heavy (non-hydrogen) atoms. The molecule has 0 saturated heterocycles. The SMILES string of the molecule is O=C(Nc1ccccc1C(F)(F)F)c1cc(NCCC2=CCCCC2)ncn1. The number of benzene rings is 1. The fraction of sp³-hybridized carbons (Fsp3) is 0.350. The molecule has 3 rings (SSSR count). The highest BCUT2D eigenvalue weighted by molar-refractivity contribution is 6.03. The predicted octanol–water partition coefficient (Wildman–Crippen LogP) is 5.05. The second-order valence-electron chi connectivity index (χ2n) is 6.57. The minimum absolute atomic E-state index is 0.00800. The molecular formula is C20H21F3N4O. The van der Waals surface area contributed by atoms with Gasteiger partial charge in [-0.15, -0.1) is 0 Å². The van der Waals surface area contributed by atoms with Gasteiger partial charge in [0.2, 0.25) is 0 Å². The van der Waals surface area contributed by atoms with E-state index < -0.39 is 17.6 Å². The minimum atomic E-state index is -4.56. The Labute approximate surface area is 161 Å². The molecule has 0 atom stereocenters. The number of carbonyl (C=O) groups excluding carboxylic acids is 1. The van der Waals surface area contributed by atoms with Crippen molar-refractivity contribution >= 4 is 17.4 Å². The molecule has 0 saturated carbocycles. The third kappa shape index (κ3) is 5.31. The molecular weight excluding hydrogens is 369 g/mol. The second kappa shape index (κ2) is 8.86. The molecule has 1 aliphatic carbocycles. The summed E-state index contributed by atoms with van der Waals surface area (Å²) in [6.45, 7) is 0.667. The van der Waals surface area contributed by atoms with Gasteiger partial charge in [0.05, 0.1) is 11.3 Å². The lowest BCUT2D eigenvalue weighted by molar-refractivity contribution is -0.136. The summed E-state index contributed by atoms with van der Waals surface area (Å²) in [5, 5.41) is 5.42. The highest BCUT2D eigenvalue weighted by Gasteiger charge is 2.33. The van der Waals surface area contributed by atoms with Crippen molar-refractivity contribution in [3.63, 3.8) is 0 Å². The van der Waals surface area contributed by atoms with Gasteiger partial charge in [0.15, 0.2) is 0 Å². The smallest absolute Gasteiger partial charge is 0.370 e. The van der Waals surface area contributed by atoms with Gasteiger partial charge >= 0.3 is 6.18 Å². The standard InChI is InChI=1S/C20H21F3N4O/c21-20(22,23)15-8-4-5-9-16(15)27-19(28)17-12-18(26-13-25-17)24-11-10-14-6-2-1-3-7-14/h4-6,8-9,12-13H,1-3,7,10-11H2,(H,27,28)(H,24,25,26). The number of hydrogen-bond donors (Lipinski definition) is 2. The molecule has 1 amide bonds. The fourth-order valence-corrected chi connectivity index (χ4v) is 3.09. The van der Waals surface area contributed by atoms with E-state index in [1.165, 1.54) is 49.0 Å². The lowest BCUT2D eigenvalue weighted by Gasteiger charge is -2.14. The fourth-order valence-electron chi connectivity index (χ4n) is 3.09. The van der Waals surface area contributed by atoms with Gasteiger partial charge in [-0.2, -0.15) is 13.2 Å². The number of anilines is 2. The van der Waals surface area contributed by atoms with E-state index in [-0.39, 0.29) is 11.4 Å². The van der Waals surface area contributed by atoms with Crippen molar-refractivity contribution in [3.8, 4) is 0 Å². The van der Waals surface area contributed by atoms with Gasteiger partial charge < -0.3 is 10.6 Å². The van der Waals surface area contributed by atoms with Crippen LogP contribution in [0.1, 0.15) is 48.2 Å². The molecule has 0 fully saturated rings. The number of allylic oxidation sites excluding steroid dienone is 1. The molecule has 5 nitrogen and oxygen atoms in total. The van der Waals surface area contributed by atoms with Crippen molar-refractivity contribution in [2.75, 3.05) is 17.2 Å². The van der Waals surface area contributed by atoms with E-state index in [2.05, 4.69) is 26.7 Å². The van der Waals surface area contributed by atoms with Crippen molar-refractivity contribution in [3.05, 3.63) is 59.6 Å². The number of rotatable bonds is 6. The Balaban J connectivity index is 1.63. The number of halogens is 3. The van der Waals surface area contributed by atoms with Gasteiger partial charge in [-0.3, -0.25) is 4.79 Å². The van der Waals surface area contributed by atoms with E-state index in [1.807, 2.05) is 0 Å². The molecule has 1 aromatic heterocycles. The molecule has 2 N–H and O–H groups in total. The number of nitrogens with zero attached hydrogens (tertiary/aromatic N) is 2. The minimum Gasteiger partial charge on any atom is -0.370 e. The molecule has 0 bridgehead atoms. The predicted molar refractivity (Wildman–Crippen MR) is 101 cm³/mol. The summed E-state index contributed by atoms with van der Waals surface area (Å²) in [5.74, 6) is -0.266. The second-order valence-corrected chi connectivity index (χ2v) is 6.57. The first-order valence-corrected chi connectivity index (χ1v) is 9.15. The van der Waals surface area contributed by atoms with Crippen LogP contribution in [0.25, 0.3) is 0 Å². The number of alkyl halides is 3. The summed E-state index contributed by atoms with van der Waals surface area (Å²) < 4.78 is 39.2. The summed E-state index contributed by atoms with van der Waals surface area (Å²) in [7, 11) is 0. The Kier molecular flexibility index (Phi) is 6.28. The summed E-state index contributed by atoms with van der Waals surface area (Å²) in [5.41, 5.74) is 0.190. The first-order chi connectivity index (χ1) is 13.4. The molecule has 1 aliphatic rings. The van der Waals surface area contributed by atoms with Gasteiger partial charge in [-0.25, -0.2) is 9.97 Å². The van der Waals surface area contributed by atoms with Crippen LogP contribution < -0.4 is 10.6 Å². The average molecular weight is 390 g/mol. The van der Waals surface area contributed by atoms with Crippen molar-refractivity contribution in [1.29, 1.82) is 0 Å². The number of nitrogens with one attached hydrogen (secondary N) is 2. The Morgan fingerprint density at radius 3 is 2.71 bits per heavy atom. The van der Waals surface area contributed by atoms with E-state index in [4.69, 9.17) is 0 Å². The van der Waals surface area contributed by atoms with E-state index in [1.54, 1.807) is 0 Å². The van der Waals surface area contributed by atoms with Crippen LogP contribution in [0.15, 0.2) is 48.3 Å².